The Labute approximate surface area is 123 Å². The molecule has 0 atom stereocenters. The van der Waals surface area contributed by atoms with E-state index in [1.165, 1.54) is 22.1 Å². The van der Waals surface area contributed by atoms with E-state index in [9.17, 15) is 8.42 Å². The van der Waals surface area contributed by atoms with Gasteiger partial charge in [0.25, 0.3) is 0 Å². The van der Waals surface area contributed by atoms with E-state index in [1.54, 1.807) is 0 Å². The Morgan fingerprint density at radius 3 is 2.80 bits per heavy atom. The molecule has 110 valence electrons. The summed E-state index contributed by atoms with van der Waals surface area (Å²) in [5.41, 5.74) is 0.992. The molecule has 1 heterocycles. The van der Waals surface area contributed by atoms with Crippen molar-refractivity contribution >= 4 is 37.5 Å². The van der Waals surface area contributed by atoms with Gasteiger partial charge in [-0.3, -0.25) is 0 Å². The van der Waals surface area contributed by atoms with Crippen molar-refractivity contribution < 1.29 is 8.42 Å². The van der Waals surface area contributed by atoms with Crippen molar-refractivity contribution in [2.75, 3.05) is 31.2 Å². The summed E-state index contributed by atoms with van der Waals surface area (Å²) in [5, 5.41) is 5.50. The first kappa shape index (κ1) is 15.2. The molecule has 1 aromatic carbocycles. The number of nitrogens with one attached hydrogen (secondary N) is 1. The van der Waals surface area contributed by atoms with Gasteiger partial charge in [-0.15, -0.1) is 0 Å². The van der Waals surface area contributed by atoms with Gasteiger partial charge >= 0.3 is 0 Å². The number of benzene rings is 1. The zero-order valence-electron chi connectivity index (χ0n) is 11.7. The summed E-state index contributed by atoms with van der Waals surface area (Å²) >= 11 is 1.44. The third-order valence-electron chi connectivity index (χ3n) is 3.08. The normalized spacial score (nSPS) is 12.2. The minimum atomic E-state index is -3.09. The number of rotatable bonds is 7. The lowest BCUT2D eigenvalue weighted by Gasteiger charge is -2.17. The average molecular weight is 313 g/mol. The van der Waals surface area contributed by atoms with Crippen molar-refractivity contribution in [1.29, 1.82) is 0 Å². The molecule has 20 heavy (non-hydrogen) atoms. The molecule has 7 heteroatoms. The average Bonchev–Trinajstić information content (AvgIpc) is 2.81. The van der Waals surface area contributed by atoms with Crippen LogP contribution >= 0.6 is 11.5 Å². The molecule has 2 rings (SSSR count). The molecule has 5 nitrogen and oxygen atoms in total. The van der Waals surface area contributed by atoms with Gasteiger partial charge in [0.2, 0.25) is 10.0 Å². The SMILES string of the molecule is CCN(CCCNc1snc2ccccc12)S(C)(=O)=O. The maximum absolute atomic E-state index is 11.5. The summed E-state index contributed by atoms with van der Waals surface area (Å²) in [5.74, 6) is 0. The lowest BCUT2D eigenvalue weighted by atomic mass is 10.2. The van der Waals surface area contributed by atoms with Gasteiger partial charge in [-0.1, -0.05) is 19.1 Å². The van der Waals surface area contributed by atoms with Crippen LogP contribution in [0.5, 0.6) is 0 Å². The number of anilines is 1. The number of hydrogen-bond acceptors (Lipinski definition) is 5. The van der Waals surface area contributed by atoms with Crippen molar-refractivity contribution in [3.63, 3.8) is 0 Å². The van der Waals surface area contributed by atoms with Gasteiger partial charge in [-0.25, -0.2) is 12.7 Å². The van der Waals surface area contributed by atoms with Crippen LogP contribution in [0.1, 0.15) is 13.3 Å². The topological polar surface area (TPSA) is 62.3 Å². The largest absolute Gasteiger partial charge is 0.375 e. The minimum absolute atomic E-state index is 0.516. The van der Waals surface area contributed by atoms with Crippen molar-refractivity contribution in [3.05, 3.63) is 24.3 Å². The zero-order chi connectivity index (χ0) is 14.6. The van der Waals surface area contributed by atoms with E-state index < -0.39 is 10.0 Å². The molecule has 0 aliphatic rings. The van der Waals surface area contributed by atoms with Crippen LogP contribution < -0.4 is 5.32 Å². The predicted octanol–water partition coefficient (Wildman–Crippen LogP) is 2.38. The highest BCUT2D eigenvalue weighted by Crippen LogP contribution is 2.26. The van der Waals surface area contributed by atoms with Gasteiger partial charge in [0, 0.05) is 25.0 Å². The van der Waals surface area contributed by atoms with E-state index in [0.717, 1.165) is 28.9 Å². The molecule has 0 fully saturated rings. The van der Waals surface area contributed by atoms with Crippen LogP contribution in [0.4, 0.5) is 5.00 Å². The number of sulfonamides is 1. The van der Waals surface area contributed by atoms with Gasteiger partial charge in [-0.05, 0) is 30.1 Å². The summed E-state index contributed by atoms with van der Waals surface area (Å²) in [7, 11) is -3.09. The van der Waals surface area contributed by atoms with Crippen LogP contribution in [0, 0.1) is 0 Å². The molecule has 0 bridgehead atoms. The second-order valence-corrected chi connectivity index (χ2v) is 7.32. The summed E-state index contributed by atoms with van der Waals surface area (Å²) in [6.07, 6.45) is 2.02. The Hall–Kier alpha value is -1.18. The highest BCUT2D eigenvalue weighted by atomic mass is 32.2. The second kappa shape index (κ2) is 6.51. The van der Waals surface area contributed by atoms with Gasteiger partial charge in [-0.2, -0.15) is 4.37 Å². The van der Waals surface area contributed by atoms with E-state index in [2.05, 4.69) is 9.69 Å². The van der Waals surface area contributed by atoms with Crippen LogP contribution in [0.25, 0.3) is 10.9 Å². The fraction of sp³-hybridized carbons (Fsp3) is 0.462. The molecule has 0 saturated carbocycles. The van der Waals surface area contributed by atoms with Crippen LogP contribution in [0.15, 0.2) is 24.3 Å². The van der Waals surface area contributed by atoms with Crippen LogP contribution in [-0.4, -0.2) is 43.0 Å². The molecule has 0 saturated heterocycles. The molecule has 0 amide bonds. The molecule has 1 aromatic heterocycles. The summed E-state index contributed by atoms with van der Waals surface area (Å²) < 4.78 is 28.8. The molecular formula is C13H19N3O2S2. The molecular weight excluding hydrogens is 294 g/mol. The number of fused-ring (bicyclic) bond motifs is 1. The summed E-state index contributed by atoms with van der Waals surface area (Å²) in [6, 6.07) is 7.98. The van der Waals surface area contributed by atoms with Gasteiger partial charge in [0.05, 0.1) is 11.8 Å². The van der Waals surface area contributed by atoms with Crippen LogP contribution in [-0.2, 0) is 10.0 Å². The fourth-order valence-electron chi connectivity index (χ4n) is 2.03. The zero-order valence-corrected chi connectivity index (χ0v) is 13.3. The smallest absolute Gasteiger partial charge is 0.211 e. The fourth-order valence-corrected chi connectivity index (χ4v) is 3.75. The third-order valence-corrected chi connectivity index (χ3v) is 5.29. The molecule has 0 aliphatic heterocycles. The van der Waals surface area contributed by atoms with E-state index in [-0.39, 0.29) is 0 Å². The Morgan fingerprint density at radius 2 is 2.10 bits per heavy atom. The van der Waals surface area contributed by atoms with Crippen LogP contribution in [0.3, 0.4) is 0 Å². The van der Waals surface area contributed by atoms with Crippen molar-refractivity contribution in [3.8, 4) is 0 Å². The number of aromatic nitrogens is 1. The van der Waals surface area contributed by atoms with E-state index >= 15 is 0 Å². The van der Waals surface area contributed by atoms with Crippen molar-refractivity contribution in [2.24, 2.45) is 0 Å². The quantitative estimate of drug-likeness (QED) is 0.797. The predicted molar refractivity (Wildman–Crippen MR) is 84.8 cm³/mol. The maximum atomic E-state index is 11.5. The Morgan fingerprint density at radius 1 is 1.35 bits per heavy atom. The monoisotopic (exact) mass is 313 g/mol. The molecule has 0 unspecified atom stereocenters. The van der Waals surface area contributed by atoms with Crippen molar-refractivity contribution in [2.45, 2.75) is 13.3 Å². The third kappa shape index (κ3) is 3.68. The molecule has 0 aliphatic carbocycles. The highest BCUT2D eigenvalue weighted by Gasteiger charge is 2.13. The van der Waals surface area contributed by atoms with E-state index in [4.69, 9.17) is 0 Å². The second-order valence-electron chi connectivity index (χ2n) is 4.56. The molecule has 0 spiro atoms. The van der Waals surface area contributed by atoms with Crippen molar-refractivity contribution in [1.82, 2.24) is 8.68 Å². The maximum Gasteiger partial charge on any atom is 0.211 e. The molecule has 2 aromatic rings. The molecule has 1 N–H and O–H groups in total. The first-order valence-corrected chi connectivity index (χ1v) is 9.18. The standard InChI is InChI=1S/C13H19N3O2S2/c1-3-16(20(2,17)18)10-6-9-14-13-11-7-4-5-8-12(11)15-19-13/h4-5,7-8,14H,3,6,9-10H2,1-2H3. The van der Waals surface area contributed by atoms with Gasteiger partial charge in [0.1, 0.15) is 5.00 Å². The van der Waals surface area contributed by atoms with Gasteiger partial charge < -0.3 is 5.32 Å². The lowest BCUT2D eigenvalue weighted by molar-refractivity contribution is 0.429. The first-order chi connectivity index (χ1) is 9.52. The molecule has 0 radical (unpaired) electrons. The Balaban J connectivity index is 1.87. The van der Waals surface area contributed by atoms with E-state index in [0.29, 0.717) is 13.1 Å². The first-order valence-electron chi connectivity index (χ1n) is 6.55. The summed E-state index contributed by atoms with van der Waals surface area (Å²) in [4.78, 5) is 0. The lowest BCUT2D eigenvalue weighted by Crippen LogP contribution is -2.31. The van der Waals surface area contributed by atoms with Crippen LogP contribution in [0.2, 0.25) is 0 Å². The highest BCUT2D eigenvalue weighted by molar-refractivity contribution is 7.88. The number of hydrogen-bond donors (Lipinski definition) is 1. The Bertz CT molecular complexity index is 667. The van der Waals surface area contributed by atoms with Gasteiger partial charge in [0.15, 0.2) is 0 Å². The van der Waals surface area contributed by atoms with E-state index in [1.807, 2.05) is 31.2 Å². The summed E-state index contributed by atoms with van der Waals surface area (Å²) in [6.45, 7) is 3.64. The number of nitrogens with zero attached hydrogens (tertiary/aromatic N) is 2. The minimum Gasteiger partial charge on any atom is -0.375 e. The Kier molecular flexibility index (Phi) is 4.95.